The van der Waals surface area contributed by atoms with Crippen molar-refractivity contribution in [2.75, 3.05) is 0 Å². The van der Waals surface area contributed by atoms with Gasteiger partial charge in [-0.15, -0.1) is 0 Å². The van der Waals surface area contributed by atoms with Crippen LogP contribution in [0, 0.1) is 11.8 Å². The lowest BCUT2D eigenvalue weighted by molar-refractivity contribution is -0.177. The summed E-state index contributed by atoms with van der Waals surface area (Å²) >= 11 is 0. The van der Waals surface area contributed by atoms with E-state index >= 15 is 0 Å². The molecule has 0 spiro atoms. The highest BCUT2D eigenvalue weighted by atomic mass is 16.5. The minimum absolute atomic E-state index is 0.0581. The zero-order valence-corrected chi connectivity index (χ0v) is 7.78. The predicted octanol–water partition coefficient (Wildman–Crippen LogP) is 0.955. The van der Waals surface area contributed by atoms with Crippen molar-refractivity contribution in [1.82, 2.24) is 0 Å². The van der Waals surface area contributed by atoms with Crippen molar-refractivity contribution in [2.24, 2.45) is 11.8 Å². The van der Waals surface area contributed by atoms with Crippen LogP contribution >= 0.6 is 0 Å². The van der Waals surface area contributed by atoms with Gasteiger partial charge in [0.15, 0.2) is 0 Å². The number of esters is 1. The second kappa shape index (κ2) is 3.44. The summed E-state index contributed by atoms with van der Waals surface area (Å²) in [6.07, 6.45) is 0.122. The third kappa shape index (κ3) is 1.46. The van der Waals surface area contributed by atoms with E-state index in [9.17, 15) is 9.90 Å². The van der Waals surface area contributed by atoms with Crippen LogP contribution in [0.15, 0.2) is 0 Å². The van der Waals surface area contributed by atoms with Gasteiger partial charge in [-0.3, -0.25) is 4.79 Å². The van der Waals surface area contributed by atoms with Crippen molar-refractivity contribution in [3.8, 4) is 0 Å². The van der Waals surface area contributed by atoms with Gasteiger partial charge in [-0.1, -0.05) is 13.8 Å². The Hall–Kier alpha value is -0.570. The minimum Gasteiger partial charge on any atom is -0.462 e. The van der Waals surface area contributed by atoms with Gasteiger partial charge in [0, 0.05) is 5.92 Å². The minimum atomic E-state index is -0.545. The zero-order valence-electron chi connectivity index (χ0n) is 7.78. The molecule has 1 aliphatic rings. The van der Waals surface area contributed by atoms with Crippen LogP contribution < -0.4 is 0 Å². The summed E-state index contributed by atoms with van der Waals surface area (Å²) in [6.45, 7) is 5.58. The maximum absolute atomic E-state index is 11.1. The highest BCUT2D eigenvalue weighted by Gasteiger charge is 2.39. The quantitative estimate of drug-likeness (QED) is 0.599. The number of rotatable bonds is 1. The molecule has 1 heterocycles. The molecule has 0 aliphatic carbocycles. The standard InChI is InChI=1S/C9H16O3/c1-4-7-5(2)8(10)6(3)9(11)12-7/h5-8,10H,4H2,1-3H3/t5-,6-,7-,8+/m1/s1. The van der Waals surface area contributed by atoms with Crippen LogP contribution in [0.1, 0.15) is 27.2 Å². The number of aliphatic hydroxyl groups is 1. The molecule has 12 heavy (non-hydrogen) atoms. The summed E-state index contributed by atoms with van der Waals surface area (Å²) in [7, 11) is 0. The highest BCUT2D eigenvalue weighted by molar-refractivity contribution is 5.73. The van der Waals surface area contributed by atoms with Crippen LogP contribution in [0.25, 0.3) is 0 Å². The lowest BCUT2D eigenvalue weighted by atomic mass is 9.85. The maximum atomic E-state index is 11.1. The number of aliphatic hydroxyl groups excluding tert-OH is 1. The SMILES string of the molecule is CC[C@H]1OC(=O)[C@H](C)[C@@H](O)[C@@H]1C. The summed E-state index contributed by atoms with van der Waals surface area (Å²) in [4.78, 5) is 11.1. The molecule has 0 aromatic carbocycles. The largest absolute Gasteiger partial charge is 0.462 e. The normalized spacial score (nSPS) is 42.5. The molecular formula is C9H16O3. The molecule has 0 saturated carbocycles. The fourth-order valence-corrected chi connectivity index (χ4v) is 1.63. The van der Waals surface area contributed by atoms with E-state index in [4.69, 9.17) is 4.74 Å². The Balaban J connectivity index is 2.70. The Morgan fingerprint density at radius 1 is 1.50 bits per heavy atom. The Kier molecular flexibility index (Phi) is 2.73. The van der Waals surface area contributed by atoms with Gasteiger partial charge in [-0.25, -0.2) is 0 Å². The summed E-state index contributed by atoms with van der Waals surface area (Å²) in [5.41, 5.74) is 0. The third-order valence-corrected chi connectivity index (χ3v) is 2.68. The lowest BCUT2D eigenvalue weighted by Gasteiger charge is -2.35. The van der Waals surface area contributed by atoms with Crippen LogP contribution in [0.4, 0.5) is 0 Å². The molecule has 1 rings (SSSR count). The molecule has 1 fully saturated rings. The maximum Gasteiger partial charge on any atom is 0.311 e. The van der Waals surface area contributed by atoms with Crippen LogP contribution in [-0.4, -0.2) is 23.3 Å². The first-order chi connectivity index (χ1) is 5.57. The van der Waals surface area contributed by atoms with Crippen LogP contribution in [0.5, 0.6) is 0 Å². The van der Waals surface area contributed by atoms with Crippen LogP contribution in [-0.2, 0) is 9.53 Å². The van der Waals surface area contributed by atoms with Gasteiger partial charge in [-0.05, 0) is 13.3 Å². The van der Waals surface area contributed by atoms with Crippen LogP contribution in [0.3, 0.4) is 0 Å². The van der Waals surface area contributed by atoms with Gasteiger partial charge in [0.1, 0.15) is 6.10 Å². The summed E-state index contributed by atoms with van der Waals surface area (Å²) < 4.78 is 5.13. The average Bonchev–Trinajstić information content (AvgIpc) is 2.08. The third-order valence-electron chi connectivity index (χ3n) is 2.68. The molecule has 0 amide bonds. The number of carbonyl (C=O) groups is 1. The molecule has 0 unspecified atom stereocenters. The smallest absolute Gasteiger partial charge is 0.311 e. The molecule has 0 radical (unpaired) electrons. The van der Waals surface area contributed by atoms with E-state index in [1.165, 1.54) is 0 Å². The first kappa shape index (κ1) is 9.52. The van der Waals surface area contributed by atoms with Crippen molar-refractivity contribution >= 4 is 5.97 Å². The molecule has 1 aliphatic heterocycles. The first-order valence-electron chi connectivity index (χ1n) is 4.46. The van der Waals surface area contributed by atoms with Gasteiger partial charge in [0.25, 0.3) is 0 Å². The predicted molar refractivity (Wildman–Crippen MR) is 44.5 cm³/mol. The fourth-order valence-electron chi connectivity index (χ4n) is 1.63. The zero-order chi connectivity index (χ0) is 9.30. The number of hydrogen-bond acceptors (Lipinski definition) is 3. The Morgan fingerprint density at radius 2 is 2.08 bits per heavy atom. The van der Waals surface area contributed by atoms with E-state index in [1.807, 2.05) is 13.8 Å². The van der Waals surface area contributed by atoms with Crippen molar-refractivity contribution in [1.29, 1.82) is 0 Å². The van der Waals surface area contributed by atoms with Crippen molar-refractivity contribution in [3.05, 3.63) is 0 Å². The molecule has 70 valence electrons. The van der Waals surface area contributed by atoms with Crippen molar-refractivity contribution in [3.63, 3.8) is 0 Å². The van der Waals surface area contributed by atoms with E-state index in [-0.39, 0.29) is 23.9 Å². The molecule has 3 nitrogen and oxygen atoms in total. The second-order valence-corrected chi connectivity index (χ2v) is 3.52. The fraction of sp³-hybridized carbons (Fsp3) is 0.889. The molecule has 0 bridgehead atoms. The molecular weight excluding hydrogens is 156 g/mol. The highest BCUT2D eigenvalue weighted by Crippen LogP contribution is 2.27. The van der Waals surface area contributed by atoms with Gasteiger partial charge in [0.2, 0.25) is 0 Å². The summed E-state index contributed by atoms with van der Waals surface area (Å²) in [5, 5.41) is 9.62. The van der Waals surface area contributed by atoms with Crippen LogP contribution in [0.2, 0.25) is 0 Å². The van der Waals surface area contributed by atoms with Crippen molar-refractivity contribution in [2.45, 2.75) is 39.4 Å². The number of hydrogen-bond donors (Lipinski definition) is 1. The Labute approximate surface area is 72.7 Å². The van der Waals surface area contributed by atoms with E-state index in [0.717, 1.165) is 6.42 Å². The summed E-state index contributed by atoms with van der Waals surface area (Å²) in [5.74, 6) is -0.585. The van der Waals surface area contributed by atoms with Gasteiger partial charge < -0.3 is 9.84 Å². The van der Waals surface area contributed by atoms with E-state index in [0.29, 0.717) is 0 Å². The second-order valence-electron chi connectivity index (χ2n) is 3.52. The Bertz CT molecular complexity index is 177. The van der Waals surface area contributed by atoms with Gasteiger partial charge in [0.05, 0.1) is 12.0 Å². The van der Waals surface area contributed by atoms with E-state index in [1.54, 1.807) is 6.92 Å². The monoisotopic (exact) mass is 172 g/mol. The lowest BCUT2D eigenvalue weighted by Crippen LogP contribution is -2.46. The van der Waals surface area contributed by atoms with E-state index < -0.39 is 6.10 Å². The molecule has 1 saturated heterocycles. The average molecular weight is 172 g/mol. The number of carbonyl (C=O) groups excluding carboxylic acids is 1. The van der Waals surface area contributed by atoms with Gasteiger partial charge in [-0.2, -0.15) is 0 Å². The van der Waals surface area contributed by atoms with E-state index in [2.05, 4.69) is 0 Å². The molecule has 0 aromatic heterocycles. The Morgan fingerprint density at radius 3 is 2.58 bits per heavy atom. The first-order valence-corrected chi connectivity index (χ1v) is 4.46. The molecule has 3 heteroatoms. The number of cyclic esters (lactones) is 1. The molecule has 1 N–H and O–H groups in total. The topological polar surface area (TPSA) is 46.5 Å². The van der Waals surface area contributed by atoms with Gasteiger partial charge >= 0.3 is 5.97 Å². The molecule has 0 aromatic rings. The summed E-state index contributed by atoms with van der Waals surface area (Å²) in [6, 6.07) is 0. The van der Waals surface area contributed by atoms with Crippen molar-refractivity contribution < 1.29 is 14.6 Å². The number of ether oxygens (including phenoxy) is 1. The molecule has 4 atom stereocenters.